The Balaban J connectivity index is 3.18. The molecule has 8 heteroatoms. The average Bonchev–Trinajstić information content (AvgIpc) is 2.36. The van der Waals surface area contributed by atoms with Gasteiger partial charge < -0.3 is 4.90 Å². The molecule has 0 saturated carbocycles. The molecule has 0 bridgehead atoms. The Kier molecular flexibility index (Phi) is 4.91. The number of anilines is 1. The van der Waals surface area contributed by atoms with Gasteiger partial charge in [-0.15, -0.1) is 0 Å². The van der Waals surface area contributed by atoms with Crippen LogP contribution in [0.4, 0.5) is 24.5 Å². The van der Waals surface area contributed by atoms with Crippen molar-refractivity contribution in [2.45, 2.75) is 19.5 Å². The monoisotopic (exact) mass is 287 g/mol. The highest BCUT2D eigenvalue weighted by Gasteiger charge is 2.31. The quantitative estimate of drug-likeness (QED) is 0.615. The second-order valence-corrected chi connectivity index (χ2v) is 4.11. The minimum Gasteiger partial charge on any atom is -0.362 e. The van der Waals surface area contributed by atoms with Crippen LogP contribution in [0.3, 0.4) is 0 Å². The fraction of sp³-hybridized carbons (Fsp3) is 0.417. The molecule has 20 heavy (non-hydrogen) atoms. The number of hydrogen-bond donors (Lipinski definition) is 0. The van der Waals surface area contributed by atoms with Gasteiger partial charge in [0.05, 0.1) is 4.92 Å². The molecule has 0 amide bonds. The van der Waals surface area contributed by atoms with Crippen molar-refractivity contribution in [3.63, 3.8) is 0 Å². The van der Waals surface area contributed by atoms with Gasteiger partial charge in [-0.2, -0.15) is 18.4 Å². The second kappa shape index (κ2) is 6.23. The number of alkyl halides is 3. The number of nitrogens with zero attached hydrogens (tertiary/aromatic N) is 3. The van der Waals surface area contributed by atoms with E-state index in [1.165, 1.54) is 6.07 Å². The van der Waals surface area contributed by atoms with Crippen molar-refractivity contribution in [2.24, 2.45) is 0 Å². The van der Waals surface area contributed by atoms with E-state index < -0.39 is 23.3 Å². The van der Waals surface area contributed by atoms with E-state index >= 15 is 0 Å². The third-order valence-electron chi connectivity index (χ3n) is 2.53. The fourth-order valence-corrected chi connectivity index (χ4v) is 1.75. The third-order valence-corrected chi connectivity index (χ3v) is 2.53. The van der Waals surface area contributed by atoms with Crippen LogP contribution in [-0.4, -0.2) is 24.2 Å². The molecule has 0 unspecified atom stereocenters. The number of nitro benzene ring substituents is 1. The van der Waals surface area contributed by atoms with E-state index in [2.05, 4.69) is 0 Å². The lowest BCUT2D eigenvalue weighted by atomic mass is 10.1. The summed E-state index contributed by atoms with van der Waals surface area (Å²) >= 11 is 0. The summed E-state index contributed by atoms with van der Waals surface area (Å²) in [6.45, 7) is 0.633. The molecular weight excluding hydrogens is 275 g/mol. The van der Waals surface area contributed by atoms with E-state index in [0.717, 1.165) is 17.0 Å². The van der Waals surface area contributed by atoms with Gasteiger partial charge in [0.2, 0.25) is 0 Å². The van der Waals surface area contributed by atoms with Gasteiger partial charge >= 0.3 is 6.18 Å². The SMILES string of the molecule is CCCN(CC(F)(F)F)c1ccc(C#N)c([N+](=O)[O-])c1. The van der Waals surface area contributed by atoms with Crippen LogP contribution >= 0.6 is 0 Å². The van der Waals surface area contributed by atoms with Crippen LogP contribution in [0, 0.1) is 21.4 Å². The first kappa shape index (κ1) is 15.8. The van der Waals surface area contributed by atoms with Gasteiger partial charge in [-0.3, -0.25) is 10.1 Å². The van der Waals surface area contributed by atoms with E-state index in [1.54, 1.807) is 13.0 Å². The number of nitro groups is 1. The topological polar surface area (TPSA) is 70.2 Å². The first-order chi connectivity index (χ1) is 9.28. The molecule has 1 aromatic rings. The molecule has 0 aromatic heterocycles. The molecule has 0 heterocycles. The van der Waals surface area contributed by atoms with Gasteiger partial charge in [0, 0.05) is 18.3 Å². The maximum absolute atomic E-state index is 12.5. The first-order valence-electron chi connectivity index (χ1n) is 5.78. The molecule has 1 rings (SSSR count). The molecule has 0 aliphatic carbocycles. The molecule has 0 saturated heterocycles. The van der Waals surface area contributed by atoms with Crippen molar-refractivity contribution in [1.82, 2.24) is 0 Å². The predicted octanol–water partition coefficient (Wildman–Crippen LogP) is 3.25. The Hall–Kier alpha value is -2.30. The number of nitriles is 1. The van der Waals surface area contributed by atoms with E-state index in [1.807, 2.05) is 0 Å². The van der Waals surface area contributed by atoms with Crippen molar-refractivity contribution in [1.29, 1.82) is 5.26 Å². The molecule has 0 aliphatic heterocycles. The highest BCUT2D eigenvalue weighted by atomic mass is 19.4. The normalized spacial score (nSPS) is 10.9. The van der Waals surface area contributed by atoms with Crippen LogP contribution in [0.15, 0.2) is 18.2 Å². The van der Waals surface area contributed by atoms with Gasteiger partial charge in [0.15, 0.2) is 0 Å². The van der Waals surface area contributed by atoms with Crippen LogP contribution in [0.5, 0.6) is 0 Å². The number of rotatable bonds is 5. The minimum absolute atomic E-state index is 0.0786. The van der Waals surface area contributed by atoms with Crippen LogP contribution in [0.25, 0.3) is 0 Å². The summed E-state index contributed by atoms with van der Waals surface area (Å²) in [6, 6.07) is 5.08. The summed E-state index contributed by atoms with van der Waals surface area (Å²) < 4.78 is 37.5. The maximum Gasteiger partial charge on any atom is 0.405 e. The zero-order chi connectivity index (χ0) is 15.3. The van der Waals surface area contributed by atoms with Crippen LogP contribution in [-0.2, 0) is 0 Å². The largest absolute Gasteiger partial charge is 0.405 e. The molecule has 0 N–H and O–H groups in total. The zero-order valence-electron chi connectivity index (χ0n) is 10.6. The molecule has 1 aromatic carbocycles. The number of halogens is 3. The number of hydrogen-bond acceptors (Lipinski definition) is 4. The van der Waals surface area contributed by atoms with Gasteiger partial charge in [0.25, 0.3) is 5.69 Å². The second-order valence-electron chi connectivity index (χ2n) is 4.11. The fourth-order valence-electron chi connectivity index (χ4n) is 1.75. The van der Waals surface area contributed by atoms with Crippen molar-refractivity contribution in [3.8, 4) is 6.07 Å². The van der Waals surface area contributed by atoms with Gasteiger partial charge in [-0.05, 0) is 18.6 Å². The van der Waals surface area contributed by atoms with Gasteiger partial charge in [-0.1, -0.05) is 6.92 Å². The molecular formula is C12H12F3N3O2. The lowest BCUT2D eigenvalue weighted by molar-refractivity contribution is -0.385. The van der Waals surface area contributed by atoms with Crippen molar-refractivity contribution in [2.75, 3.05) is 18.0 Å². The molecule has 0 radical (unpaired) electrons. The molecule has 0 fully saturated rings. The minimum atomic E-state index is -4.40. The molecule has 108 valence electrons. The summed E-state index contributed by atoms with van der Waals surface area (Å²) in [4.78, 5) is 11.0. The summed E-state index contributed by atoms with van der Waals surface area (Å²) in [7, 11) is 0. The van der Waals surface area contributed by atoms with E-state index in [4.69, 9.17) is 5.26 Å². The van der Waals surface area contributed by atoms with E-state index in [0.29, 0.717) is 6.42 Å². The Morgan fingerprint density at radius 3 is 2.55 bits per heavy atom. The predicted molar refractivity (Wildman–Crippen MR) is 66.4 cm³/mol. The lowest BCUT2D eigenvalue weighted by Gasteiger charge is -2.25. The first-order valence-corrected chi connectivity index (χ1v) is 5.78. The smallest absolute Gasteiger partial charge is 0.362 e. The summed E-state index contributed by atoms with van der Waals surface area (Å²) in [5, 5.41) is 19.6. The Bertz CT molecular complexity index is 538. The highest BCUT2D eigenvalue weighted by Crippen LogP contribution is 2.28. The average molecular weight is 287 g/mol. The Labute approximate surface area is 113 Å². The summed E-state index contributed by atoms with van der Waals surface area (Å²) in [5.74, 6) is 0. The van der Waals surface area contributed by atoms with E-state index in [9.17, 15) is 23.3 Å². The van der Waals surface area contributed by atoms with Crippen LogP contribution < -0.4 is 4.90 Å². The standard InChI is InChI=1S/C12H12F3N3O2/c1-2-5-17(8-12(13,14)15)10-4-3-9(7-16)11(6-10)18(19)20/h3-4,6H,2,5,8H2,1H3. The zero-order valence-corrected chi connectivity index (χ0v) is 10.6. The summed E-state index contributed by atoms with van der Waals surface area (Å²) in [6.07, 6.45) is -3.94. The van der Waals surface area contributed by atoms with Crippen LogP contribution in [0.2, 0.25) is 0 Å². The molecule has 5 nitrogen and oxygen atoms in total. The lowest BCUT2D eigenvalue weighted by Crippen LogP contribution is -2.34. The van der Waals surface area contributed by atoms with Gasteiger partial charge in [0.1, 0.15) is 18.2 Å². The Morgan fingerprint density at radius 2 is 2.10 bits per heavy atom. The molecule has 0 atom stereocenters. The van der Waals surface area contributed by atoms with Crippen molar-refractivity contribution >= 4 is 11.4 Å². The van der Waals surface area contributed by atoms with Crippen molar-refractivity contribution in [3.05, 3.63) is 33.9 Å². The van der Waals surface area contributed by atoms with E-state index in [-0.39, 0.29) is 17.8 Å². The maximum atomic E-state index is 12.5. The Morgan fingerprint density at radius 1 is 1.45 bits per heavy atom. The van der Waals surface area contributed by atoms with Crippen molar-refractivity contribution < 1.29 is 18.1 Å². The molecule has 0 spiro atoms. The molecule has 0 aliphatic rings. The third kappa shape index (κ3) is 4.12. The van der Waals surface area contributed by atoms with Gasteiger partial charge in [-0.25, -0.2) is 0 Å². The number of benzene rings is 1. The van der Waals surface area contributed by atoms with Crippen LogP contribution in [0.1, 0.15) is 18.9 Å². The highest BCUT2D eigenvalue weighted by molar-refractivity contribution is 5.60. The summed E-state index contributed by atoms with van der Waals surface area (Å²) in [5.41, 5.74) is -0.592.